The van der Waals surface area contributed by atoms with Crippen LogP contribution in [0.5, 0.6) is 5.75 Å². The first kappa shape index (κ1) is 24.8. The van der Waals surface area contributed by atoms with Crippen molar-refractivity contribution in [2.45, 2.75) is 6.61 Å². The summed E-state index contributed by atoms with van der Waals surface area (Å²) >= 11 is 0. The Balaban J connectivity index is 1.27. The number of rotatable bonds is 7. The van der Waals surface area contributed by atoms with Crippen molar-refractivity contribution in [3.63, 3.8) is 0 Å². The number of alkyl halides is 2. The van der Waals surface area contributed by atoms with E-state index in [0.717, 1.165) is 11.1 Å². The maximum atomic E-state index is 12.8. The summed E-state index contributed by atoms with van der Waals surface area (Å²) in [6, 6.07) is 22.7. The zero-order valence-electron chi connectivity index (χ0n) is 19.4. The number of para-hydroxylation sites is 1. The lowest BCUT2D eigenvalue weighted by atomic mass is 10.0. The van der Waals surface area contributed by atoms with Gasteiger partial charge < -0.3 is 19.9 Å². The standard InChI is InChI=1S/C27H25F2N3O4/c28-27(29)36-23-9-5-4-8-22(23)26(35)32-16-14-31(15-17-32)24(33)18-30-25(34)21-12-10-20(11-13-21)19-6-2-1-3-7-19/h1-13,27H,14-18H2,(H,30,34). The SMILES string of the molecule is O=C(NCC(=O)N1CCN(C(=O)c2ccccc2OC(F)F)CC1)c1ccc(-c2ccccc2)cc1. The van der Waals surface area contributed by atoms with Gasteiger partial charge >= 0.3 is 6.61 Å². The number of nitrogens with one attached hydrogen (secondary N) is 1. The lowest BCUT2D eigenvalue weighted by Crippen LogP contribution is -2.52. The number of piperazine rings is 1. The molecule has 9 heteroatoms. The zero-order valence-corrected chi connectivity index (χ0v) is 19.4. The fraction of sp³-hybridized carbons (Fsp3) is 0.222. The molecule has 186 valence electrons. The molecule has 3 aromatic rings. The fourth-order valence-electron chi connectivity index (χ4n) is 3.99. The van der Waals surface area contributed by atoms with Crippen molar-refractivity contribution in [3.8, 4) is 16.9 Å². The summed E-state index contributed by atoms with van der Waals surface area (Å²) in [6.07, 6.45) is 0. The normalized spacial score (nSPS) is 13.4. The van der Waals surface area contributed by atoms with Gasteiger partial charge in [0, 0.05) is 31.7 Å². The summed E-state index contributed by atoms with van der Waals surface area (Å²) in [5.74, 6) is -1.24. The molecule has 36 heavy (non-hydrogen) atoms. The second-order valence-corrected chi connectivity index (χ2v) is 8.17. The summed E-state index contributed by atoms with van der Waals surface area (Å²) in [6.45, 7) is -2.19. The van der Waals surface area contributed by atoms with E-state index in [-0.39, 0.29) is 55.9 Å². The molecule has 0 radical (unpaired) electrons. The van der Waals surface area contributed by atoms with E-state index in [4.69, 9.17) is 0 Å². The number of ether oxygens (including phenoxy) is 1. The van der Waals surface area contributed by atoms with E-state index in [1.165, 1.54) is 23.1 Å². The lowest BCUT2D eigenvalue weighted by molar-refractivity contribution is -0.131. The van der Waals surface area contributed by atoms with E-state index in [2.05, 4.69) is 10.1 Å². The number of carbonyl (C=O) groups is 3. The van der Waals surface area contributed by atoms with Crippen LogP contribution in [0.15, 0.2) is 78.9 Å². The van der Waals surface area contributed by atoms with Gasteiger partial charge in [0.2, 0.25) is 5.91 Å². The topological polar surface area (TPSA) is 79.0 Å². The van der Waals surface area contributed by atoms with Gasteiger partial charge in [0.1, 0.15) is 5.75 Å². The first-order valence-corrected chi connectivity index (χ1v) is 11.5. The Hall–Kier alpha value is -4.27. The van der Waals surface area contributed by atoms with Crippen LogP contribution in [0.25, 0.3) is 11.1 Å². The molecule has 7 nitrogen and oxygen atoms in total. The molecule has 0 saturated carbocycles. The van der Waals surface area contributed by atoms with Crippen molar-refractivity contribution in [2.24, 2.45) is 0 Å². The summed E-state index contributed by atoms with van der Waals surface area (Å²) < 4.78 is 29.8. The highest BCUT2D eigenvalue weighted by molar-refractivity contribution is 5.98. The van der Waals surface area contributed by atoms with Crippen LogP contribution in [0.2, 0.25) is 0 Å². The van der Waals surface area contributed by atoms with E-state index in [0.29, 0.717) is 5.56 Å². The average molecular weight is 494 g/mol. The molecule has 1 aliphatic heterocycles. The molecule has 1 heterocycles. The third kappa shape index (κ3) is 6.04. The van der Waals surface area contributed by atoms with Gasteiger partial charge in [0.15, 0.2) is 0 Å². The van der Waals surface area contributed by atoms with Gasteiger partial charge in [-0.3, -0.25) is 14.4 Å². The Morgan fingerprint density at radius 1 is 0.778 bits per heavy atom. The smallest absolute Gasteiger partial charge is 0.387 e. The van der Waals surface area contributed by atoms with Crippen LogP contribution in [0.1, 0.15) is 20.7 Å². The van der Waals surface area contributed by atoms with Crippen molar-refractivity contribution in [1.29, 1.82) is 0 Å². The highest BCUT2D eigenvalue weighted by Crippen LogP contribution is 2.23. The van der Waals surface area contributed by atoms with Crippen molar-refractivity contribution in [1.82, 2.24) is 15.1 Å². The number of benzene rings is 3. The second kappa shape index (κ2) is 11.4. The molecule has 0 bridgehead atoms. The van der Waals surface area contributed by atoms with E-state index < -0.39 is 12.5 Å². The molecular formula is C27H25F2N3O4. The van der Waals surface area contributed by atoms with Crippen LogP contribution >= 0.6 is 0 Å². The molecule has 0 aromatic heterocycles. The van der Waals surface area contributed by atoms with Gasteiger partial charge in [0.25, 0.3) is 11.8 Å². The van der Waals surface area contributed by atoms with Crippen molar-refractivity contribution < 1.29 is 27.9 Å². The van der Waals surface area contributed by atoms with Crippen LogP contribution in [0.3, 0.4) is 0 Å². The van der Waals surface area contributed by atoms with E-state index in [9.17, 15) is 23.2 Å². The molecule has 0 atom stereocenters. The molecule has 1 fully saturated rings. The predicted molar refractivity (Wildman–Crippen MR) is 130 cm³/mol. The van der Waals surface area contributed by atoms with Gasteiger partial charge in [-0.05, 0) is 35.4 Å². The Bertz CT molecular complexity index is 1210. The minimum absolute atomic E-state index is 0.0446. The Labute approximate surface area is 207 Å². The number of carbonyl (C=O) groups excluding carboxylic acids is 3. The van der Waals surface area contributed by atoms with Gasteiger partial charge in [-0.15, -0.1) is 0 Å². The molecule has 0 spiro atoms. The number of hydrogen-bond acceptors (Lipinski definition) is 4. The molecule has 1 N–H and O–H groups in total. The number of amides is 3. The first-order valence-electron chi connectivity index (χ1n) is 11.5. The quantitative estimate of drug-likeness (QED) is 0.545. The highest BCUT2D eigenvalue weighted by atomic mass is 19.3. The number of hydrogen-bond donors (Lipinski definition) is 1. The van der Waals surface area contributed by atoms with Crippen LogP contribution in [-0.2, 0) is 4.79 Å². The second-order valence-electron chi connectivity index (χ2n) is 8.17. The van der Waals surface area contributed by atoms with Gasteiger partial charge in [-0.25, -0.2) is 0 Å². The lowest BCUT2D eigenvalue weighted by Gasteiger charge is -2.35. The summed E-state index contributed by atoms with van der Waals surface area (Å²) in [7, 11) is 0. The van der Waals surface area contributed by atoms with Gasteiger partial charge in [-0.2, -0.15) is 8.78 Å². The van der Waals surface area contributed by atoms with Crippen molar-refractivity contribution in [3.05, 3.63) is 90.0 Å². The average Bonchev–Trinajstić information content (AvgIpc) is 2.92. The van der Waals surface area contributed by atoms with Crippen LogP contribution in [0, 0.1) is 0 Å². The molecule has 0 unspecified atom stereocenters. The molecule has 4 rings (SSSR count). The number of nitrogens with zero attached hydrogens (tertiary/aromatic N) is 2. The minimum Gasteiger partial charge on any atom is -0.434 e. The van der Waals surface area contributed by atoms with Crippen molar-refractivity contribution in [2.75, 3.05) is 32.7 Å². The van der Waals surface area contributed by atoms with E-state index in [1.54, 1.807) is 23.1 Å². The summed E-state index contributed by atoms with van der Waals surface area (Å²) in [5.41, 5.74) is 2.52. The number of halogens is 2. The maximum absolute atomic E-state index is 12.8. The minimum atomic E-state index is -3.04. The Morgan fingerprint density at radius 3 is 2.03 bits per heavy atom. The summed E-state index contributed by atoms with van der Waals surface area (Å²) in [4.78, 5) is 40.9. The molecule has 0 aliphatic carbocycles. The zero-order chi connectivity index (χ0) is 25.5. The fourth-order valence-corrected chi connectivity index (χ4v) is 3.99. The molecular weight excluding hydrogens is 468 g/mol. The van der Waals surface area contributed by atoms with Crippen LogP contribution in [-0.4, -0.2) is 66.9 Å². The van der Waals surface area contributed by atoms with Gasteiger partial charge in [0.05, 0.1) is 12.1 Å². The molecule has 3 aromatic carbocycles. The third-order valence-corrected chi connectivity index (χ3v) is 5.91. The van der Waals surface area contributed by atoms with Crippen LogP contribution in [0.4, 0.5) is 8.78 Å². The predicted octanol–water partition coefficient (Wildman–Crippen LogP) is 3.67. The first-order chi connectivity index (χ1) is 17.4. The van der Waals surface area contributed by atoms with E-state index in [1.807, 2.05) is 42.5 Å². The Morgan fingerprint density at radius 2 is 1.36 bits per heavy atom. The Kier molecular flexibility index (Phi) is 7.89. The monoisotopic (exact) mass is 493 g/mol. The maximum Gasteiger partial charge on any atom is 0.387 e. The van der Waals surface area contributed by atoms with Crippen LogP contribution < -0.4 is 10.1 Å². The molecule has 1 saturated heterocycles. The third-order valence-electron chi connectivity index (χ3n) is 5.91. The van der Waals surface area contributed by atoms with E-state index >= 15 is 0 Å². The summed E-state index contributed by atoms with van der Waals surface area (Å²) in [5, 5.41) is 2.64. The highest BCUT2D eigenvalue weighted by Gasteiger charge is 2.27. The van der Waals surface area contributed by atoms with Crippen molar-refractivity contribution >= 4 is 17.7 Å². The molecule has 3 amide bonds. The largest absolute Gasteiger partial charge is 0.434 e. The van der Waals surface area contributed by atoms with Gasteiger partial charge in [-0.1, -0.05) is 54.6 Å². The molecule has 1 aliphatic rings.